The molecule has 3 heteroatoms. The van der Waals surface area contributed by atoms with Gasteiger partial charge >= 0.3 is 0 Å². The number of rotatable bonds is 4. The maximum Gasteiger partial charge on any atom is 0.224 e. The molecule has 1 fully saturated rings. The van der Waals surface area contributed by atoms with Crippen LogP contribution in [0.3, 0.4) is 0 Å². The molecule has 2 unspecified atom stereocenters. The molecule has 0 bridgehead atoms. The predicted molar refractivity (Wildman–Crippen MR) is 78.2 cm³/mol. The van der Waals surface area contributed by atoms with Gasteiger partial charge in [-0.3, -0.25) is 4.79 Å². The Balaban J connectivity index is 1.91. The smallest absolute Gasteiger partial charge is 0.224 e. The fourth-order valence-corrected chi connectivity index (χ4v) is 2.69. The third-order valence-electron chi connectivity index (χ3n) is 4.05. The highest BCUT2D eigenvalue weighted by Gasteiger charge is 2.22. The molecule has 104 valence electrons. The van der Waals surface area contributed by atoms with Crippen molar-refractivity contribution in [2.24, 2.45) is 5.92 Å². The van der Waals surface area contributed by atoms with Gasteiger partial charge in [0.1, 0.15) is 0 Å². The average Bonchev–Trinajstić information content (AvgIpc) is 2.87. The minimum atomic E-state index is 0.133. The fraction of sp³-hybridized carbons (Fsp3) is 0.562. The Labute approximate surface area is 115 Å². The highest BCUT2D eigenvalue weighted by Crippen LogP contribution is 2.14. The standard InChI is InChI=1S/C16H24N2O/c1-11-4-5-12(2)15(8-11)9-16(19)18-13(3)14-6-7-17-10-14/h4-5,8,13-14,17H,6-7,9-10H2,1-3H3,(H,18,19). The number of carbonyl (C=O) groups excluding carboxylic acids is 1. The number of amides is 1. The lowest BCUT2D eigenvalue weighted by Gasteiger charge is -2.20. The van der Waals surface area contributed by atoms with Crippen molar-refractivity contribution in [2.75, 3.05) is 13.1 Å². The maximum absolute atomic E-state index is 12.1. The second kappa shape index (κ2) is 6.20. The summed E-state index contributed by atoms with van der Waals surface area (Å²) in [4.78, 5) is 12.1. The van der Waals surface area contributed by atoms with Gasteiger partial charge in [0.2, 0.25) is 5.91 Å². The van der Waals surface area contributed by atoms with Crippen molar-refractivity contribution in [3.05, 3.63) is 34.9 Å². The van der Waals surface area contributed by atoms with Crippen LogP contribution in [0.4, 0.5) is 0 Å². The van der Waals surface area contributed by atoms with Gasteiger partial charge in [0.25, 0.3) is 0 Å². The van der Waals surface area contributed by atoms with Crippen molar-refractivity contribution in [1.29, 1.82) is 0 Å². The van der Waals surface area contributed by atoms with E-state index in [1.54, 1.807) is 0 Å². The molecule has 1 heterocycles. The van der Waals surface area contributed by atoms with E-state index in [2.05, 4.69) is 49.6 Å². The van der Waals surface area contributed by atoms with Gasteiger partial charge in [-0.1, -0.05) is 23.8 Å². The Morgan fingerprint density at radius 1 is 1.47 bits per heavy atom. The molecule has 0 saturated carbocycles. The summed E-state index contributed by atoms with van der Waals surface area (Å²) in [5, 5.41) is 6.48. The first kappa shape index (κ1) is 14.1. The third kappa shape index (κ3) is 3.80. The van der Waals surface area contributed by atoms with E-state index in [0.717, 1.165) is 25.1 Å². The second-order valence-corrected chi connectivity index (χ2v) is 5.72. The van der Waals surface area contributed by atoms with Gasteiger partial charge in [-0.15, -0.1) is 0 Å². The van der Waals surface area contributed by atoms with Crippen LogP contribution < -0.4 is 10.6 Å². The molecule has 1 aliphatic rings. The van der Waals surface area contributed by atoms with E-state index in [1.165, 1.54) is 11.1 Å². The van der Waals surface area contributed by atoms with E-state index in [4.69, 9.17) is 0 Å². The first-order chi connectivity index (χ1) is 9.06. The summed E-state index contributed by atoms with van der Waals surface area (Å²) < 4.78 is 0. The Bertz CT molecular complexity index is 450. The SMILES string of the molecule is Cc1ccc(C)c(CC(=O)NC(C)C2CCNC2)c1. The Kier molecular flexibility index (Phi) is 4.59. The molecule has 1 amide bonds. The van der Waals surface area contributed by atoms with Crippen LogP contribution in [0.2, 0.25) is 0 Å². The number of benzene rings is 1. The predicted octanol–water partition coefficient (Wildman–Crippen LogP) is 1.96. The molecule has 0 radical (unpaired) electrons. The van der Waals surface area contributed by atoms with Crippen LogP contribution in [-0.2, 0) is 11.2 Å². The normalized spacial score (nSPS) is 20.3. The van der Waals surface area contributed by atoms with Crippen LogP contribution >= 0.6 is 0 Å². The second-order valence-electron chi connectivity index (χ2n) is 5.72. The van der Waals surface area contributed by atoms with Gasteiger partial charge in [-0.05, 0) is 57.3 Å². The van der Waals surface area contributed by atoms with Crippen molar-refractivity contribution >= 4 is 5.91 Å². The van der Waals surface area contributed by atoms with Crippen molar-refractivity contribution in [3.8, 4) is 0 Å². The zero-order chi connectivity index (χ0) is 13.8. The first-order valence-corrected chi connectivity index (χ1v) is 7.12. The van der Waals surface area contributed by atoms with Gasteiger partial charge in [0, 0.05) is 6.04 Å². The van der Waals surface area contributed by atoms with Crippen molar-refractivity contribution < 1.29 is 4.79 Å². The minimum absolute atomic E-state index is 0.133. The largest absolute Gasteiger partial charge is 0.353 e. The van der Waals surface area contributed by atoms with Crippen molar-refractivity contribution in [1.82, 2.24) is 10.6 Å². The molecule has 0 spiro atoms. The van der Waals surface area contributed by atoms with Gasteiger partial charge in [-0.2, -0.15) is 0 Å². The molecule has 19 heavy (non-hydrogen) atoms. The van der Waals surface area contributed by atoms with Crippen LogP contribution in [0.5, 0.6) is 0 Å². The lowest BCUT2D eigenvalue weighted by Crippen LogP contribution is -2.39. The monoisotopic (exact) mass is 260 g/mol. The highest BCUT2D eigenvalue weighted by atomic mass is 16.1. The molecule has 1 aromatic carbocycles. The van der Waals surface area contributed by atoms with E-state index in [9.17, 15) is 4.79 Å². The van der Waals surface area contributed by atoms with E-state index in [0.29, 0.717) is 12.3 Å². The molecule has 1 aliphatic heterocycles. The molecule has 1 aromatic rings. The van der Waals surface area contributed by atoms with Crippen molar-refractivity contribution in [2.45, 2.75) is 39.7 Å². The Hall–Kier alpha value is -1.35. The third-order valence-corrected chi connectivity index (χ3v) is 4.05. The van der Waals surface area contributed by atoms with E-state index >= 15 is 0 Å². The molecule has 2 atom stereocenters. The first-order valence-electron chi connectivity index (χ1n) is 7.12. The van der Waals surface area contributed by atoms with E-state index < -0.39 is 0 Å². The van der Waals surface area contributed by atoms with Gasteiger partial charge in [0.05, 0.1) is 6.42 Å². The summed E-state index contributed by atoms with van der Waals surface area (Å²) in [6.07, 6.45) is 1.64. The molecule has 1 saturated heterocycles. The number of aryl methyl sites for hydroxylation is 2. The molecule has 2 rings (SSSR count). The quantitative estimate of drug-likeness (QED) is 0.869. The Morgan fingerprint density at radius 2 is 2.26 bits per heavy atom. The van der Waals surface area contributed by atoms with E-state index in [-0.39, 0.29) is 11.9 Å². The van der Waals surface area contributed by atoms with Crippen LogP contribution in [0, 0.1) is 19.8 Å². The topological polar surface area (TPSA) is 41.1 Å². The summed E-state index contributed by atoms with van der Waals surface area (Å²) in [5.41, 5.74) is 3.53. The summed E-state index contributed by atoms with van der Waals surface area (Å²) in [7, 11) is 0. The Morgan fingerprint density at radius 3 is 2.95 bits per heavy atom. The summed E-state index contributed by atoms with van der Waals surface area (Å²) in [6.45, 7) is 8.32. The van der Waals surface area contributed by atoms with Crippen LogP contribution in [0.15, 0.2) is 18.2 Å². The van der Waals surface area contributed by atoms with Gasteiger partial charge < -0.3 is 10.6 Å². The number of carbonyl (C=O) groups is 1. The number of nitrogens with one attached hydrogen (secondary N) is 2. The molecule has 0 aliphatic carbocycles. The van der Waals surface area contributed by atoms with Crippen LogP contribution in [0.1, 0.15) is 30.0 Å². The van der Waals surface area contributed by atoms with Gasteiger partial charge in [-0.25, -0.2) is 0 Å². The summed E-state index contributed by atoms with van der Waals surface area (Å²) >= 11 is 0. The lowest BCUT2D eigenvalue weighted by atomic mass is 9.99. The van der Waals surface area contributed by atoms with Crippen LogP contribution in [0.25, 0.3) is 0 Å². The molecule has 3 nitrogen and oxygen atoms in total. The average molecular weight is 260 g/mol. The minimum Gasteiger partial charge on any atom is -0.353 e. The summed E-state index contributed by atoms with van der Waals surface area (Å²) in [5.74, 6) is 0.704. The van der Waals surface area contributed by atoms with Crippen LogP contribution in [-0.4, -0.2) is 25.0 Å². The van der Waals surface area contributed by atoms with E-state index in [1.807, 2.05) is 0 Å². The van der Waals surface area contributed by atoms with Crippen molar-refractivity contribution in [3.63, 3.8) is 0 Å². The number of hydrogen-bond donors (Lipinski definition) is 2. The molecule has 0 aromatic heterocycles. The lowest BCUT2D eigenvalue weighted by molar-refractivity contribution is -0.121. The fourth-order valence-electron chi connectivity index (χ4n) is 2.69. The van der Waals surface area contributed by atoms with Gasteiger partial charge in [0.15, 0.2) is 0 Å². The number of hydrogen-bond acceptors (Lipinski definition) is 2. The zero-order valence-electron chi connectivity index (χ0n) is 12.1. The zero-order valence-corrected chi connectivity index (χ0v) is 12.1. The molecule has 2 N–H and O–H groups in total. The molecular weight excluding hydrogens is 236 g/mol. The summed E-state index contributed by atoms with van der Waals surface area (Å²) in [6, 6.07) is 6.54. The maximum atomic E-state index is 12.1. The molecular formula is C16H24N2O. The highest BCUT2D eigenvalue weighted by molar-refractivity contribution is 5.79.